The number of ether oxygens (including phenoxy) is 1. The van der Waals surface area contributed by atoms with Crippen molar-refractivity contribution in [1.82, 2.24) is 9.80 Å². The Hall–Kier alpha value is -1.59. The summed E-state index contributed by atoms with van der Waals surface area (Å²) in [4.78, 5) is 30.1. The topological polar surface area (TPSA) is 49.9 Å². The summed E-state index contributed by atoms with van der Waals surface area (Å²) in [6.45, 7) is 5.02. The minimum atomic E-state index is -0.180. The van der Waals surface area contributed by atoms with Crippen LogP contribution in [-0.4, -0.2) is 60.0 Å². The Kier molecular flexibility index (Phi) is 5.42. The van der Waals surface area contributed by atoms with E-state index < -0.39 is 0 Å². The third kappa shape index (κ3) is 3.85. The number of amides is 2. The molecule has 0 aliphatic carbocycles. The van der Waals surface area contributed by atoms with Gasteiger partial charge in [-0.2, -0.15) is 0 Å². The zero-order valence-electron chi connectivity index (χ0n) is 15.8. The molecule has 3 aliphatic heterocycles. The van der Waals surface area contributed by atoms with E-state index in [-0.39, 0.29) is 29.9 Å². The second-order valence-electron chi connectivity index (χ2n) is 8.17. The van der Waals surface area contributed by atoms with E-state index in [0.717, 1.165) is 38.8 Å². The largest absolute Gasteiger partial charge is 0.376 e. The number of rotatable bonds is 2. The van der Waals surface area contributed by atoms with Crippen molar-refractivity contribution < 1.29 is 14.3 Å². The van der Waals surface area contributed by atoms with Gasteiger partial charge in [0.1, 0.15) is 0 Å². The van der Waals surface area contributed by atoms with Crippen LogP contribution in [0.15, 0.2) is 24.3 Å². The van der Waals surface area contributed by atoms with E-state index in [9.17, 15) is 9.59 Å². The molecule has 4 rings (SSSR count). The Morgan fingerprint density at radius 3 is 2.70 bits per heavy atom. The van der Waals surface area contributed by atoms with Crippen molar-refractivity contribution in [2.45, 2.75) is 44.8 Å². The molecule has 3 heterocycles. The average molecular weight is 391 g/mol. The molecule has 1 aromatic rings. The van der Waals surface area contributed by atoms with Gasteiger partial charge in [0.25, 0.3) is 5.91 Å². The van der Waals surface area contributed by atoms with Gasteiger partial charge in [0.15, 0.2) is 0 Å². The highest BCUT2D eigenvalue weighted by Gasteiger charge is 2.45. The van der Waals surface area contributed by atoms with Gasteiger partial charge in [-0.15, -0.1) is 0 Å². The predicted molar refractivity (Wildman–Crippen MR) is 104 cm³/mol. The van der Waals surface area contributed by atoms with Gasteiger partial charge in [-0.25, -0.2) is 0 Å². The van der Waals surface area contributed by atoms with Crippen molar-refractivity contribution in [1.29, 1.82) is 0 Å². The second-order valence-corrected chi connectivity index (χ2v) is 8.61. The quantitative estimate of drug-likeness (QED) is 0.779. The summed E-state index contributed by atoms with van der Waals surface area (Å²) in [6.07, 6.45) is 3.63. The van der Waals surface area contributed by atoms with Gasteiger partial charge in [-0.3, -0.25) is 9.59 Å². The zero-order chi connectivity index (χ0) is 19.0. The smallest absolute Gasteiger partial charge is 0.254 e. The lowest BCUT2D eigenvalue weighted by atomic mass is 9.87. The van der Waals surface area contributed by atoms with E-state index in [2.05, 4.69) is 6.92 Å². The average Bonchev–Trinajstić information content (AvgIpc) is 3.15. The van der Waals surface area contributed by atoms with Crippen molar-refractivity contribution in [2.24, 2.45) is 11.8 Å². The summed E-state index contributed by atoms with van der Waals surface area (Å²) in [6, 6.07) is 7.10. The molecule has 6 heteroatoms. The Bertz CT molecular complexity index is 717. The van der Waals surface area contributed by atoms with E-state index in [1.165, 1.54) is 0 Å². The molecule has 0 N–H and O–H groups in total. The summed E-state index contributed by atoms with van der Waals surface area (Å²) in [5.41, 5.74) is 0.577. The number of carbonyl (C=O) groups is 2. The maximum atomic E-state index is 13.2. The number of benzene rings is 1. The minimum absolute atomic E-state index is 0.0421. The Morgan fingerprint density at radius 2 is 1.96 bits per heavy atom. The molecule has 5 nitrogen and oxygen atoms in total. The Morgan fingerprint density at radius 1 is 1.19 bits per heavy atom. The highest BCUT2D eigenvalue weighted by atomic mass is 35.5. The Balaban J connectivity index is 1.52. The fourth-order valence-electron chi connectivity index (χ4n) is 4.63. The number of hydrogen-bond donors (Lipinski definition) is 0. The molecular formula is C21H27ClN2O3. The number of piperidine rings is 2. The summed E-state index contributed by atoms with van der Waals surface area (Å²) in [7, 11) is 0. The molecule has 0 unspecified atom stereocenters. The Labute approximate surface area is 165 Å². The number of halogens is 1. The lowest BCUT2D eigenvalue weighted by molar-refractivity contribution is -0.140. The standard InChI is InChI=1S/C21H27ClN2O3/c1-14-5-8-23(9-6-14)20(25)16-12-19-18(7-10-27-19)24(13-16)21(26)15-3-2-4-17(22)11-15/h2-4,11,14,16,18-19H,5-10,12-13H2,1H3/t16-,18+,19+/m0/s1. The third-order valence-corrected chi connectivity index (χ3v) is 6.52. The molecule has 1 aromatic carbocycles. The normalized spacial score (nSPS) is 28.9. The van der Waals surface area contributed by atoms with Crippen LogP contribution in [0.1, 0.15) is 43.0 Å². The maximum absolute atomic E-state index is 13.2. The first-order valence-electron chi connectivity index (χ1n) is 10.00. The first kappa shape index (κ1) is 18.8. The molecule has 27 heavy (non-hydrogen) atoms. The van der Waals surface area contributed by atoms with Crippen LogP contribution in [-0.2, 0) is 9.53 Å². The van der Waals surface area contributed by atoms with Gasteiger partial charge in [-0.05, 0) is 49.8 Å². The maximum Gasteiger partial charge on any atom is 0.254 e. The molecule has 0 aromatic heterocycles. The van der Waals surface area contributed by atoms with Crippen molar-refractivity contribution >= 4 is 23.4 Å². The minimum Gasteiger partial charge on any atom is -0.376 e. The third-order valence-electron chi connectivity index (χ3n) is 6.29. The first-order valence-corrected chi connectivity index (χ1v) is 10.4. The van der Waals surface area contributed by atoms with E-state index >= 15 is 0 Å². The molecule has 2 amide bonds. The number of carbonyl (C=O) groups excluding carboxylic acids is 2. The molecule has 3 saturated heterocycles. The fourth-order valence-corrected chi connectivity index (χ4v) is 4.82. The lowest BCUT2D eigenvalue weighted by Crippen LogP contribution is -2.56. The summed E-state index contributed by atoms with van der Waals surface area (Å²) in [5, 5.41) is 0.548. The molecule has 0 radical (unpaired) electrons. The molecule has 0 spiro atoms. The number of likely N-dealkylation sites (tertiary alicyclic amines) is 2. The molecule has 3 fully saturated rings. The van der Waals surface area contributed by atoms with Crippen molar-refractivity contribution in [3.63, 3.8) is 0 Å². The van der Waals surface area contributed by atoms with Crippen LogP contribution in [0.2, 0.25) is 5.02 Å². The highest BCUT2D eigenvalue weighted by molar-refractivity contribution is 6.30. The van der Waals surface area contributed by atoms with Crippen LogP contribution >= 0.6 is 11.6 Å². The zero-order valence-corrected chi connectivity index (χ0v) is 16.5. The van der Waals surface area contributed by atoms with Gasteiger partial charge in [0, 0.05) is 36.8 Å². The fraction of sp³-hybridized carbons (Fsp3) is 0.619. The number of nitrogens with zero attached hydrogens (tertiary/aromatic N) is 2. The number of fused-ring (bicyclic) bond motifs is 1. The summed E-state index contributed by atoms with van der Waals surface area (Å²) >= 11 is 6.08. The van der Waals surface area contributed by atoms with Crippen LogP contribution in [0.3, 0.4) is 0 Å². The van der Waals surface area contributed by atoms with Crippen LogP contribution < -0.4 is 0 Å². The van der Waals surface area contributed by atoms with E-state index in [0.29, 0.717) is 29.7 Å². The lowest BCUT2D eigenvalue weighted by Gasteiger charge is -2.42. The van der Waals surface area contributed by atoms with Gasteiger partial charge in [0.2, 0.25) is 5.91 Å². The summed E-state index contributed by atoms with van der Waals surface area (Å²) in [5.74, 6) is 0.632. The second kappa shape index (κ2) is 7.80. The number of hydrogen-bond acceptors (Lipinski definition) is 3. The molecule has 0 bridgehead atoms. The van der Waals surface area contributed by atoms with Crippen molar-refractivity contribution in [3.05, 3.63) is 34.9 Å². The predicted octanol–water partition coefficient (Wildman–Crippen LogP) is 3.22. The molecule has 0 saturated carbocycles. The van der Waals surface area contributed by atoms with E-state index in [1.807, 2.05) is 9.80 Å². The monoisotopic (exact) mass is 390 g/mol. The van der Waals surface area contributed by atoms with Gasteiger partial charge >= 0.3 is 0 Å². The van der Waals surface area contributed by atoms with Crippen LogP contribution in [0.5, 0.6) is 0 Å². The van der Waals surface area contributed by atoms with Crippen LogP contribution in [0.25, 0.3) is 0 Å². The first-order chi connectivity index (χ1) is 13.0. The SMILES string of the molecule is CC1CCN(C(=O)[C@H]2C[C@H]3OCC[C@H]3N(C(=O)c3cccc(Cl)c3)C2)CC1. The van der Waals surface area contributed by atoms with Gasteiger partial charge in [-0.1, -0.05) is 24.6 Å². The molecule has 3 atom stereocenters. The molecule has 146 valence electrons. The van der Waals surface area contributed by atoms with E-state index in [1.54, 1.807) is 24.3 Å². The van der Waals surface area contributed by atoms with Crippen molar-refractivity contribution in [2.75, 3.05) is 26.2 Å². The van der Waals surface area contributed by atoms with Gasteiger partial charge < -0.3 is 14.5 Å². The van der Waals surface area contributed by atoms with Crippen molar-refractivity contribution in [3.8, 4) is 0 Å². The highest BCUT2D eigenvalue weighted by Crippen LogP contribution is 2.34. The van der Waals surface area contributed by atoms with E-state index in [4.69, 9.17) is 16.3 Å². The van der Waals surface area contributed by atoms with Crippen LogP contribution in [0.4, 0.5) is 0 Å². The van der Waals surface area contributed by atoms with Crippen LogP contribution in [0, 0.1) is 11.8 Å². The summed E-state index contributed by atoms with van der Waals surface area (Å²) < 4.78 is 5.89. The molecule has 3 aliphatic rings. The van der Waals surface area contributed by atoms with Gasteiger partial charge in [0.05, 0.1) is 18.1 Å². The molecular weight excluding hydrogens is 364 g/mol.